The minimum absolute atomic E-state index is 0.0654. The van der Waals surface area contributed by atoms with Crippen LogP contribution in [0.4, 0.5) is 17.3 Å². The Morgan fingerprint density at radius 1 is 1.25 bits per heavy atom. The highest BCUT2D eigenvalue weighted by atomic mass is 32.2. The maximum atomic E-state index is 13.7. The largest absolute Gasteiger partial charge is 0.492 e. The average Bonchev–Trinajstić information content (AvgIpc) is 3.26. The third-order valence-corrected chi connectivity index (χ3v) is 6.56. The summed E-state index contributed by atoms with van der Waals surface area (Å²) in [5.41, 5.74) is 1.99. The van der Waals surface area contributed by atoms with Crippen LogP contribution in [0, 0.1) is 10.1 Å². The molecule has 0 saturated carbocycles. The summed E-state index contributed by atoms with van der Waals surface area (Å²) < 4.78 is 7.29. The van der Waals surface area contributed by atoms with Crippen LogP contribution in [0.3, 0.4) is 0 Å². The molecule has 1 unspecified atom stereocenters. The number of ether oxygens (including phenoxy) is 1. The molecule has 4 rings (SSSR count). The Labute approximate surface area is 213 Å². The maximum Gasteiger partial charge on any atom is 0.269 e. The molecule has 1 aromatic heterocycles. The molecule has 0 spiro atoms. The molecule has 2 aromatic carbocycles. The zero-order chi connectivity index (χ0) is 25.7. The molecule has 2 N–H and O–H groups in total. The van der Waals surface area contributed by atoms with Crippen LogP contribution in [-0.2, 0) is 4.79 Å². The van der Waals surface area contributed by atoms with Gasteiger partial charge in [0.2, 0.25) is 11.1 Å². The third-order valence-electron chi connectivity index (χ3n) is 5.64. The molecule has 11 heteroatoms. The second-order valence-corrected chi connectivity index (χ2v) is 9.23. The van der Waals surface area contributed by atoms with Crippen molar-refractivity contribution in [3.8, 4) is 5.75 Å². The van der Waals surface area contributed by atoms with Crippen LogP contribution >= 0.6 is 11.8 Å². The summed E-state index contributed by atoms with van der Waals surface area (Å²) in [6, 6.07) is 12.7. The summed E-state index contributed by atoms with van der Waals surface area (Å²) in [7, 11) is 0. The van der Waals surface area contributed by atoms with E-state index in [-0.39, 0.29) is 11.6 Å². The first-order valence-corrected chi connectivity index (χ1v) is 12.8. The van der Waals surface area contributed by atoms with Crippen molar-refractivity contribution in [2.45, 2.75) is 44.8 Å². The van der Waals surface area contributed by atoms with Gasteiger partial charge in [-0.15, -0.1) is 5.10 Å². The van der Waals surface area contributed by atoms with Gasteiger partial charge in [-0.2, -0.15) is 4.98 Å². The first kappa shape index (κ1) is 25.2. The molecular weight excluding hydrogens is 480 g/mol. The molecule has 0 bridgehead atoms. The number of nitro groups is 1. The number of allylic oxidation sites excluding steroid dienone is 1. The van der Waals surface area contributed by atoms with E-state index >= 15 is 0 Å². The highest BCUT2D eigenvalue weighted by molar-refractivity contribution is 7.99. The smallest absolute Gasteiger partial charge is 0.269 e. The molecular formula is C25H28N6O4S. The Morgan fingerprint density at radius 3 is 2.81 bits per heavy atom. The van der Waals surface area contributed by atoms with Crippen LogP contribution < -0.4 is 15.4 Å². The van der Waals surface area contributed by atoms with E-state index in [1.807, 2.05) is 19.1 Å². The van der Waals surface area contributed by atoms with Gasteiger partial charge < -0.3 is 15.4 Å². The van der Waals surface area contributed by atoms with Crippen molar-refractivity contribution in [2.24, 2.45) is 0 Å². The molecule has 10 nitrogen and oxygen atoms in total. The number of nitrogens with one attached hydrogen (secondary N) is 2. The third kappa shape index (κ3) is 5.35. The highest BCUT2D eigenvalue weighted by Gasteiger charge is 2.35. The molecule has 1 amide bonds. The van der Waals surface area contributed by atoms with Crippen molar-refractivity contribution in [1.29, 1.82) is 0 Å². The van der Waals surface area contributed by atoms with Gasteiger partial charge in [-0.05, 0) is 38.0 Å². The monoisotopic (exact) mass is 508 g/mol. The summed E-state index contributed by atoms with van der Waals surface area (Å²) in [6.07, 6.45) is 2.09. The van der Waals surface area contributed by atoms with E-state index in [1.54, 1.807) is 35.9 Å². The number of aromatic nitrogens is 3. The number of para-hydroxylation sites is 2. The van der Waals surface area contributed by atoms with Crippen LogP contribution in [0.15, 0.2) is 65.0 Å². The van der Waals surface area contributed by atoms with Crippen molar-refractivity contribution in [3.05, 3.63) is 75.5 Å². The fourth-order valence-electron chi connectivity index (χ4n) is 3.95. The number of hydrogen-bond donors (Lipinski definition) is 2. The number of anilines is 2. The normalized spacial score (nSPS) is 14.7. The van der Waals surface area contributed by atoms with E-state index in [4.69, 9.17) is 4.74 Å². The lowest BCUT2D eigenvalue weighted by Gasteiger charge is -2.28. The minimum atomic E-state index is -0.714. The lowest BCUT2D eigenvalue weighted by atomic mass is 9.94. The van der Waals surface area contributed by atoms with Gasteiger partial charge in [0.15, 0.2) is 0 Å². The number of fused-ring (bicyclic) bond motifs is 1. The Kier molecular flexibility index (Phi) is 7.89. The molecule has 0 fully saturated rings. The molecule has 3 aromatic rings. The number of amides is 1. The first-order chi connectivity index (χ1) is 17.4. The predicted octanol–water partition coefficient (Wildman–Crippen LogP) is 5.40. The van der Waals surface area contributed by atoms with Crippen LogP contribution in [0.2, 0.25) is 0 Å². The summed E-state index contributed by atoms with van der Waals surface area (Å²) in [4.78, 5) is 29.4. The van der Waals surface area contributed by atoms with Gasteiger partial charge in [-0.25, -0.2) is 4.68 Å². The molecule has 0 saturated heterocycles. The number of carbonyl (C=O) groups excluding carboxylic acids is 1. The van der Waals surface area contributed by atoms with Crippen LogP contribution in [0.5, 0.6) is 5.75 Å². The number of nitrogens with zero attached hydrogens (tertiary/aromatic N) is 4. The van der Waals surface area contributed by atoms with Gasteiger partial charge in [-0.1, -0.05) is 49.4 Å². The Bertz CT molecular complexity index is 1310. The van der Waals surface area contributed by atoms with Gasteiger partial charge in [0, 0.05) is 23.6 Å². The number of non-ortho nitro benzene ring substituents is 1. The summed E-state index contributed by atoms with van der Waals surface area (Å²) >= 11 is 1.54. The van der Waals surface area contributed by atoms with E-state index in [2.05, 4.69) is 27.6 Å². The number of carbonyl (C=O) groups is 1. The fraction of sp³-hybridized carbons (Fsp3) is 0.320. The van der Waals surface area contributed by atoms with Gasteiger partial charge in [-0.3, -0.25) is 14.9 Å². The lowest BCUT2D eigenvalue weighted by Crippen LogP contribution is -2.31. The van der Waals surface area contributed by atoms with Gasteiger partial charge in [0.05, 0.1) is 22.8 Å². The molecule has 1 aliphatic heterocycles. The lowest BCUT2D eigenvalue weighted by molar-refractivity contribution is -0.384. The summed E-state index contributed by atoms with van der Waals surface area (Å²) in [5, 5.41) is 22.9. The van der Waals surface area contributed by atoms with Crippen molar-refractivity contribution in [1.82, 2.24) is 14.8 Å². The molecule has 1 atom stereocenters. The van der Waals surface area contributed by atoms with E-state index in [0.29, 0.717) is 46.0 Å². The highest BCUT2D eigenvalue weighted by Crippen LogP contribution is 2.38. The predicted molar refractivity (Wildman–Crippen MR) is 139 cm³/mol. The Morgan fingerprint density at radius 2 is 2.06 bits per heavy atom. The molecule has 1 aliphatic rings. The number of unbranched alkanes of at least 4 members (excludes halogenated alkanes) is 1. The average molecular weight is 509 g/mol. The van der Waals surface area contributed by atoms with Crippen molar-refractivity contribution < 1.29 is 14.5 Å². The van der Waals surface area contributed by atoms with Gasteiger partial charge in [0.25, 0.3) is 11.6 Å². The second kappa shape index (κ2) is 11.3. The number of nitro benzene ring substituents is 1. The first-order valence-electron chi connectivity index (χ1n) is 11.8. The van der Waals surface area contributed by atoms with E-state index < -0.39 is 11.0 Å². The Balaban J connectivity index is 1.76. The van der Waals surface area contributed by atoms with E-state index in [0.717, 1.165) is 18.6 Å². The van der Waals surface area contributed by atoms with Gasteiger partial charge in [0.1, 0.15) is 11.8 Å². The Hall–Kier alpha value is -3.86. The topological polar surface area (TPSA) is 124 Å². The zero-order valence-electron chi connectivity index (χ0n) is 20.4. The van der Waals surface area contributed by atoms with Crippen molar-refractivity contribution >= 4 is 35.0 Å². The second-order valence-electron chi connectivity index (χ2n) is 8.17. The molecule has 36 heavy (non-hydrogen) atoms. The molecule has 2 heterocycles. The summed E-state index contributed by atoms with van der Waals surface area (Å²) in [6.45, 7) is 6.23. The van der Waals surface area contributed by atoms with Crippen LogP contribution in [0.25, 0.3) is 0 Å². The fourth-order valence-corrected chi connectivity index (χ4v) is 4.86. The maximum absolute atomic E-state index is 13.7. The zero-order valence-corrected chi connectivity index (χ0v) is 21.2. The molecule has 0 radical (unpaired) electrons. The quantitative estimate of drug-likeness (QED) is 0.161. The number of thioether (sulfide) groups is 1. The minimum Gasteiger partial charge on any atom is -0.492 e. The summed E-state index contributed by atoms with van der Waals surface area (Å²) in [5.74, 6) is 1.53. The number of rotatable bonds is 10. The number of hydrogen-bond acceptors (Lipinski definition) is 8. The SMILES string of the molecule is CCCCSc1nc2n(n1)C(c1cccc([N+](=O)[O-])c1)C(C(=O)Nc1ccccc1OCC)=C(C)N2. The molecule has 188 valence electrons. The molecule has 0 aliphatic carbocycles. The van der Waals surface area contributed by atoms with Crippen molar-refractivity contribution in [3.63, 3.8) is 0 Å². The van der Waals surface area contributed by atoms with Crippen molar-refractivity contribution in [2.75, 3.05) is 23.0 Å². The standard InChI is InChI=1S/C25H28N6O4S/c1-4-6-14-36-25-28-24-26-16(3)21(23(32)27-19-12-7-8-13-20(19)35-5-2)22(30(24)29-25)17-10-9-11-18(15-17)31(33)34/h7-13,15,22H,4-6,14H2,1-3H3,(H,27,32)(H,26,28,29). The van der Waals surface area contributed by atoms with Crippen LogP contribution in [-0.4, -0.2) is 38.0 Å². The van der Waals surface area contributed by atoms with E-state index in [1.165, 1.54) is 23.9 Å². The van der Waals surface area contributed by atoms with Gasteiger partial charge >= 0.3 is 0 Å². The number of benzene rings is 2. The van der Waals surface area contributed by atoms with Crippen LogP contribution in [0.1, 0.15) is 45.2 Å². The van der Waals surface area contributed by atoms with E-state index in [9.17, 15) is 14.9 Å².